The molecule has 2 aromatic rings. The summed E-state index contributed by atoms with van der Waals surface area (Å²) < 4.78 is 0. The number of amides is 2. The standard InChI is InChI=1S/C19H26N6O4S/c1-12-18(25(28)29)30-19(22-12)24-17(27)15-8-7-14(11-16(15)23-13(2)26)21-10-6-4-3-5-9-20/h7-8,11,21H,3-6,9-10,20H2,1-2H3,(H,23,26)(H,22,24,27). The summed E-state index contributed by atoms with van der Waals surface area (Å²) in [6, 6.07) is 5.02. The number of aryl methyl sites for hydroxylation is 1. The van der Waals surface area contributed by atoms with Crippen molar-refractivity contribution < 1.29 is 14.5 Å². The van der Waals surface area contributed by atoms with Gasteiger partial charge in [0, 0.05) is 19.2 Å². The van der Waals surface area contributed by atoms with Crippen molar-refractivity contribution in [2.75, 3.05) is 29.0 Å². The number of aromatic nitrogens is 1. The molecule has 5 N–H and O–H groups in total. The Morgan fingerprint density at radius 1 is 1.20 bits per heavy atom. The lowest BCUT2D eigenvalue weighted by molar-refractivity contribution is -0.380. The van der Waals surface area contributed by atoms with Crippen LogP contribution in [-0.4, -0.2) is 34.8 Å². The van der Waals surface area contributed by atoms with Crippen LogP contribution in [0.2, 0.25) is 0 Å². The van der Waals surface area contributed by atoms with E-state index in [1.165, 1.54) is 13.8 Å². The molecule has 0 spiro atoms. The highest BCUT2D eigenvalue weighted by Crippen LogP contribution is 2.30. The molecule has 30 heavy (non-hydrogen) atoms. The molecule has 1 aromatic heterocycles. The van der Waals surface area contributed by atoms with Gasteiger partial charge in [-0.2, -0.15) is 0 Å². The second-order valence-corrected chi connectivity index (χ2v) is 7.67. The quantitative estimate of drug-likeness (QED) is 0.240. The zero-order chi connectivity index (χ0) is 22.1. The molecule has 0 unspecified atom stereocenters. The molecule has 0 aliphatic rings. The zero-order valence-corrected chi connectivity index (χ0v) is 17.8. The minimum Gasteiger partial charge on any atom is -0.385 e. The van der Waals surface area contributed by atoms with Crippen molar-refractivity contribution >= 4 is 44.7 Å². The third-order valence-corrected chi connectivity index (χ3v) is 5.22. The molecular formula is C19H26N6O4S. The summed E-state index contributed by atoms with van der Waals surface area (Å²) >= 11 is 0.783. The van der Waals surface area contributed by atoms with Gasteiger partial charge in [-0.05, 0) is 55.8 Å². The summed E-state index contributed by atoms with van der Waals surface area (Å²) in [4.78, 5) is 38.7. The fraction of sp³-hybridized carbons (Fsp3) is 0.421. The van der Waals surface area contributed by atoms with Gasteiger partial charge in [0.1, 0.15) is 5.69 Å². The Labute approximate surface area is 178 Å². The van der Waals surface area contributed by atoms with Gasteiger partial charge in [0.05, 0.1) is 16.2 Å². The van der Waals surface area contributed by atoms with Crippen LogP contribution in [0.25, 0.3) is 0 Å². The highest BCUT2D eigenvalue weighted by atomic mass is 32.1. The first-order chi connectivity index (χ1) is 14.3. The number of nitrogens with two attached hydrogens (primary N) is 1. The van der Waals surface area contributed by atoms with E-state index in [2.05, 4.69) is 20.9 Å². The third kappa shape index (κ3) is 6.78. The van der Waals surface area contributed by atoms with Crippen LogP contribution >= 0.6 is 11.3 Å². The number of carbonyl (C=O) groups is 2. The topological polar surface area (TPSA) is 152 Å². The Morgan fingerprint density at radius 2 is 1.93 bits per heavy atom. The second-order valence-electron chi connectivity index (χ2n) is 6.69. The molecule has 1 heterocycles. The van der Waals surface area contributed by atoms with E-state index in [9.17, 15) is 19.7 Å². The van der Waals surface area contributed by atoms with E-state index in [0.717, 1.165) is 49.3 Å². The van der Waals surface area contributed by atoms with Crippen LogP contribution in [0.3, 0.4) is 0 Å². The molecule has 0 radical (unpaired) electrons. The highest BCUT2D eigenvalue weighted by Gasteiger charge is 2.20. The highest BCUT2D eigenvalue weighted by molar-refractivity contribution is 7.19. The van der Waals surface area contributed by atoms with Gasteiger partial charge in [-0.15, -0.1) is 0 Å². The van der Waals surface area contributed by atoms with Gasteiger partial charge in [-0.1, -0.05) is 12.8 Å². The summed E-state index contributed by atoms with van der Waals surface area (Å²) in [7, 11) is 0. The maximum atomic E-state index is 12.7. The molecule has 0 aliphatic heterocycles. The van der Waals surface area contributed by atoms with Gasteiger partial charge in [-0.25, -0.2) is 4.98 Å². The smallest absolute Gasteiger partial charge is 0.348 e. The monoisotopic (exact) mass is 434 g/mol. The normalized spacial score (nSPS) is 10.5. The lowest BCUT2D eigenvalue weighted by Gasteiger charge is -2.13. The number of nitrogens with one attached hydrogen (secondary N) is 3. The summed E-state index contributed by atoms with van der Waals surface area (Å²) in [5.41, 5.74) is 7.06. The number of rotatable bonds is 11. The van der Waals surface area contributed by atoms with Crippen molar-refractivity contribution in [3.8, 4) is 0 Å². The van der Waals surface area contributed by atoms with Crippen molar-refractivity contribution in [1.82, 2.24) is 4.98 Å². The van der Waals surface area contributed by atoms with E-state index in [0.29, 0.717) is 12.2 Å². The van der Waals surface area contributed by atoms with Crippen LogP contribution in [0, 0.1) is 17.0 Å². The molecule has 11 heteroatoms. The second kappa shape index (κ2) is 11.2. The molecule has 2 amide bonds. The Bertz CT molecular complexity index is 914. The van der Waals surface area contributed by atoms with Crippen LogP contribution < -0.4 is 21.7 Å². The number of thiazole rings is 1. The van der Waals surface area contributed by atoms with E-state index in [4.69, 9.17) is 5.73 Å². The minimum atomic E-state index is -0.540. The maximum absolute atomic E-state index is 12.7. The van der Waals surface area contributed by atoms with Crippen molar-refractivity contribution in [1.29, 1.82) is 0 Å². The van der Waals surface area contributed by atoms with Crippen molar-refractivity contribution in [3.05, 3.63) is 39.6 Å². The van der Waals surface area contributed by atoms with Crippen LogP contribution in [0.15, 0.2) is 18.2 Å². The molecule has 2 rings (SSSR count). The average molecular weight is 435 g/mol. The molecule has 0 saturated carbocycles. The lowest BCUT2D eigenvalue weighted by atomic mass is 10.1. The Morgan fingerprint density at radius 3 is 2.57 bits per heavy atom. The Hall–Kier alpha value is -3.05. The molecule has 162 valence electrons. The lowest BCUT2D eigenvalue weighted by Crippen LogP contribution is -2.17. The molecule has 0 fully saturated rings. The number of benzene rings is 1. The minimum absolute atomic E-state index is 0.123. The van der Waals surface area contributed by atoms with E-state index >= 15 is 0 Å². The molecule has 10 nitrogen and oxygen atoms in total. The Balaban J connectivity index is 2.10. The fourth-order valence-corrected chi connectivity index (χ4v) is 3.55. The van der Waals surface area contributed by atoms with Gasteiger partial charge in [0.2, 0.25) is 5.91 Å². The number of hydrogen-bond donors (Lipinski definition) is 4. The first-order valence-corrected chi connectivity index (χ1v) is 10.4. The fourth-order valence-electron chi connectivity index (χ4n) is 2.78. The maximum Gasteiger partial charge on any atom is 0.348 e. The van der Waals surface area contributed by atoms with Gasteiger partial charge in [0.15, 0.2) is 5.13 Å². The number of nitro groups is 1. The Kier molecular flexibility index (Phi) is 8.69. The first-order valence-electron chi connectivity index (χ1n) is 9.60. The predicted octanol–water partition coefficient (Wildman–Crippen LogP) is 3.50. The number of anilines is 3. The molecule has 0 saturated heterocycles. The van der Waals surface area contributed by atoms with Crippen molar-refractivity contribution in [2.24, 2.45) is 5.73 Å². The molecule has 1 aromatic carbocycles. The van der Waals surface area contributed by atoms with E-state index < -0.39 is 10.8 Å². The summed E-state index contributed by atoms with van der Waals surface area (Å²) in [5, 5.41) is 19.5. The summed E-state index contributed by atoms with van der Waals surface area (Å²) in [6.45, 7) is 4.32. The predicted molar refractivity (Wildman–Crippen MR) is 118 cm³/mol. The molecular weight excluding hydrogens is 408 g/mol. The number of carbonyl (C=O) groups excluding carboxylic acids is 2. The zero-order valence-electron chi connectivity index (χ0n) is 17.0. The van der Waals surface area contributed by atoms with Gasteiger partial charge in [0.25, 0.3) is 5.91 Å². The first kappa shape index (κ1) is 23.2. The SMILES string of the molecule is CC(=O)Nc1cc(NCCCCCCN)ccc1C(=O)Nc1nc(C)c([N+](=O)[O-])s1. The summed E-state index contributed by atoms with van der Waals surface area (Å²) in [5.74, 6) is -0.834. The van der Waals surface area contributed by atoms with Gasteiger partial charge < -0.3 is 16.4 Å². The van der Waals surface area contributed by atoms with Crippen molar-refractivity contribution in [2.45, 2.75) is 39.5 Å². The van der Waals surface area contributed by atoms with Crippen LogP contribution in [-0.2, 0) is 4.79 Å². The van der Waals surface area contributed by atoms with Crippen LogP contribution in [0.5, 0.6) is 0 Å². The molecule has 0 aliphatic carbocycles. The summed E-state index contributed by atoms with van der Waals surface area (Å²) in [6.07, 6.45) is 4.16. The van der Waals surface area contributed by atoms with E-state index in [-0.39, 0.29) is 27.3 Å². The number of nitrogens with zero attached hydrogens (tertiary/aromatic N) is 2. The van der Waals surface area contributed by atoms with Crippen LogP contribution in [0.4, 0.5) is 21.5 Å². The average Bonchev–Trinajstić information content (AvgIpc) is 3.04. The third-order valence-electron chi connectivity index (χ3n) is 4.19. The van der Waals surface area contributed by atoms with Crippen LogP contribution in [0.1, 0.15) is 48.7 Å². The largest absolute Gasteiger partial charge is 0.385 e. The van der Waals surface area contributed by atoms with Crippen molar-refractivity contribution in [3.63, 3.8) is 0 Å². The molecule has 0 atom stereocenters. The van der Waals surface area contributed by atoms with E-state index in [1.54, 1.807) is 18.2 Å². The molecule has 0 bridgehead atoms. The number of unbranched alkanes of at least 4 members (excludes halogenated alkanes) is 3. The van der Waals surface area contributed by atoms with Gasteiger partial charge >= 0.3 is 5.00 Å². The number of hydrogen-bond acceptors (Lipinski definition) is 8. The van der Waals surface area contributed by atoms with Gasteiger partial charge in [-0.3, -0.25) is 25.0 Å². The van der Waals surface area contributed by atoms with E-state index in [1.807, 2.05) is 0 Å².